The van der Waals surface area contributed by atoms with Crippen molar-refractivity contribution in [3.8, 4) is 0 Å². The molecule has 21 heavy (non-hydrogen) atoms. The van der Waals surface area contributed by atoms with Crippen LogP contribution in [-0.2, 0) is 14.6 Å². The largest absolute Gasteiger partial charge is 0.335 e. The van der Waals surface area contributed by atoms with Gasteiger partial charge >= 0.3 is 0 Å². The van der Waals surface area contributed by atoms with Gasteiger partial charge in [-0.3, -0.25) is 4.79 Å². The molecule has 1 aromatic heterocycles. The second kappa shape index (κ2) is 7.07. The van der Waals surface area contributed by atoms with Crippen LogP contribution in [0.4, 0.5) is 0 Å². The smallest absolute Gasteiger partial charge is 0.246 e. The highest BCUT2D eigenvalue weighted by atomic mass is 79.9. The molecule has 1 aromatic rings. The van der Waals surface area contributed by atoms with E-state index in [4.69, 9.17) is 0 Å². The lowest BCUT2D eigenvalue weighted by Crippen LogP contribution is -2.40. The van der Waals surface area contributed by atoms with Gasteiger partial charge in [-0.2, -0.15) is 0 Å². The minimum Gasteiger partial charge on any atom is -0.335 e. The lowest BCUT2D eigenvalue weighted by Gasteiger charge is -2.26. The quantitative estimate of drug-likeness (QED) is 0.724. The first-order chi connectivity index (χ1) is 9.91. The predicted octanol–water partition coefficient (Wildman–Crippen LogP) is 2.95. The van der Waals surface area contributed by atoms with E-state index in [0.29, 0.717) is 13.0 Å². The van der Waals surface area contributed by atoms with Crippen molar-refractivity contribution < 1.29 is 13.2 Å². The van der Waals surface area contributed by atoms with Gasteiger partial charge in [0.25, 0.3) is 0 Å². The van der Waals surface area contributed by atoms with E-state index in [9.17, 15) is 13.2 Å². The molecule has 1 amide bonds. The van der Waals surface area contributed by atoms with Gasteiger partial charge in [-0.15, -0.1) is 11.3 Å². The predicted molar refractivity (Wildman–Crippen MR) is 90.1 cm³/mol. The zero-order valence-corrected chi connectivity index (χ0v) is 15.0. The number of carbonyl (C=O) groups excluding carboxylic acids is 1. The summed E-state index contributed by atoms with van der Waals surface area (Å²) in [6.07, 6.45) is 4.69. The maximum Gasteiger partial charge on any atom is 0.246 e. The summed E-state index contributed by atoms with van der Waals surface area (Å²) in [4.78, 5) is 15.0. The molecule has 0 N–H and O–H groups in total. The fourth-order valence-electron chi connectivity index (χ4n) is 2.40. The van der Waals surface area contributed by atoms with Crippen molar-refractivity contribution in [2.75, 3.05) is 18.1 Å². The van der Waals surface area contributed by atoms with Crippen molar-refractivity contribution in [3.05, 3.63) is 26.9 Å². The van der Waals surface area contributed by atoms with Crippen LogP contribution in [0.3, 0.4) is 0 Å². The second-order valence-electron chi connectivity index (χ2n) is 5.06. The van der Waals surface area contributed by atoms with E-state index < -0.39 is 9.84 Å². The molecule has 0 saturated carbocycles. The average Bonchev–Trinajstić information content (AvgIpc) is 2.99. The molecule has 1 fully saturated rings. The van der Waals surface area contributed by atoms with Crippen molar-refractivity contribution in [1.82, 2.24) is 4.90 Å². The summed E-state index contributed by atoms with van der Waals surface area (Å²) in [5.74, 6) is 0.174. The van der Waals surface area contributed by atoms with Crippen molar-refractivity contribution in [2.24, 2.45) is 0 Å². The molecule has 2 rings (SSSR count). The molecule has 1 saturated heterocycles. The fraction of sp³-hybridized carbons (Fsp3) is 0.500. The number of halogens is 1. The molecule has 7 heteroatoms. The van der Waals surface area contributed by atoms with Crippen LogP contribution in [0.2, 0.25) is 0 Å². The van der Waals surface area contributed by atoms with E-state index in [0.717, 1.165) is 15.1 Å². The SMILES string of the molecule is CCCN(C(=O)/C=C/c1ccc(Br)s1)C1CCS(=O)(=O)C1. The Morgan fingerprint density at radius 1 is 1.52 bits per heavy atom. The summed E-state index contributed by atoms with van der Waals surface area (Å²) in [5, 5.41) is 0. The lowest BCUT2D eigenvalue weighted by molar-refractivity contribution is -0.127. The van der Waals surface area contributed by atoms with E-state index in [2.05, 4.69) is 15.9 Å². The third-order valence-electron chi connectivity index (χ3n) is 3.38. The Balaban J connectivity index is 2.07. The Hall–Kier alpha value is -0.660. The first kappa shape index (κ1) is 16.7. The van der Waals surface area contributed by atoms with Crippen molar-refractivity contribution in [2.45, 2.75) is 25.8 Å². The van der Waals surface area contributed by atoms with Crippen LogP contribution >= 0.6 is 27.3 Å². The molecule has 0 bridgehead atoms. The van der Waals surface area contributed by atoms with Crippen LogP contribution in [0.5, 0.6) is 0 Å². The third kappa shape index (κ3) is 4.66. The molecule has 4 nitrogen and oxygen atoms in total. The number of hydrogen-bond acceptors (Lipinski definition) is 4. The highest BCUT2D eigenvalue weighted by Crippen LogP contribution is 2.23. The molecular formula is C14H18BrNO3S2. The Labute approximate surface area is 137 Å². The number of nitrogens with zero attached hydrogens (tertiary/aromatic N) is 1. The third-order valence-corrected chi connectivity index (χ3v) is 6.72. The monoisotopic (exact) mass is 391 g/mol. The molecule has 0 spiro atoms. The summed E-state index contributed by atoms with van der Waals surface area (Å²) in [5.41, 5.74) is 0. The van der Waals surface area contributed by atoms with Crippen LogP contribution < -0.4 is 0 Å². The number of amides is 1. The van der Waals surface area contributed by atoms with E-state index >= 15 is 0 Å². The lowest BCUT2D eigenvalue weighted by atomic mass is 10.2. The summed E-state index contributed by atoms with van der Waals surface area (Å²) < 4.78 is 24.2. The summed E-state index contributed by atoms with van der Waals surface area (Å²) >= 11 is 4.93. The van der Waals surface area contributed by atoms with Gasteiger partial charge in [-0.25, -0.2) is 8.42 Å². The topological polar surface area (TPSA) is 54.5 Å². The maximum absolute atomic E-state index is 12.3. The summed E-state index contributed by atoms with van der Waals surface area (Å²) in [6, 6.07) is 3.69. The molecule has 0 aromatic carbocycles. The number of carbonyl (C=O) groups is 1. The zero-order valence-electron chi connectivity index (χ0n) is 11.8. The van der Waals surface area contributed by atoms with Crippen LogP contribution in [0.15, 0.2) is 22.0 Å². The van der Waals surface area contributed by atoms with Crippen LogP contribution in [0, 0.1) is 0 Å². The molecule has 116 valence electrons. The Morgan fingerprint density at radius 3 is 2.81 bits per heavy atom. The molecule has 0 radical (unpaired) electrons. The van der Waals surface area contributed by atoms with Gasteiger partial charge in [-0.1, -0.05) is 6.92 Å². The van der Waals surface area contributed by atoms with Crippen LogP contribution in [0.25, 0.3) is 6.08 Å². The summed E-state index contributed by atoms with van der Waals surface area (Å²) in [6.45, 7) is 2.58. The number of thiophene rings is 1. The highest BCUT2D eigenvalue weighted by molar-refractivity contribution is 9.11. The van der Waals surface area contributed by atoms with E-state index in [1.165, 1.54) is 0 Å². The first-order valence-corrected chi connectivity index (χ1v) is 10.3. The summed E-state index contributed by atoms with van der Waals surface area (Å²) in [7, 11) is -2.98. The van der Waals surface area contributed by atoms with E-state index in [-0.39, 0.29) is 23.5 Å². The minimum absolute atomic E-state index is 0.0944. The Bertz CT molecular complexity index is 636. The Kier molecular flexibility index (Phi) is 5.62. The molecular weight excluding hydrogens is 374 g/mol. The standard InChI is InChI=1S/C14H18BrNO3S2/c1-2-8-16(11-7-9-21(18,19)10-11)14(17)6-4-12-3-5-13(15)20-12/h3-6,11H,2,7-10H2,1H3/b6-4+. The molecule has 2 heterocycles. The van der Waals surface area contributed by atoms with Gasteiger partial charge in [0.15, 0.2) is 9.84 Å². The molecule has 0 aliphatic carbocycles. The maximum atomic E-state index is 12.3. The van der Waals surface area contributed by atoms with Gasteiger partial charge in [0, 0.05) is 23.5 Å². The van der Waals surface area contributed by atoms with Gasteiger partial charge in [0.2, 0.25) is 5.91 Å². The highest BCUT2D eigenvalue weighted by Gasteiger charge is 2.33. The molecule has 1 unspecified atom stereocenters. The zero-order chi connectivity index (χ0) is 15.5. The first-order valence-electron chi connectivity index (χ1n) is 6.86. The van der Waals surface area contributed by atoms with E-state index in [1.54, 1.807) is 28.4 Å². The van der Waals surface area contributed by atoms with Gasteiger partial charge in [0.1, 0.15) is 0 Å². The van der Waals surface area contributed by atoms with Crippen molar-refractivity contribution in [1.29, 1.82) is 0 Å². The van der Waals surface area contributed by atoms with Crippen molar-refractivity contribution >= 4 is 49.1 Å². The minimum atomic E-state index is -2.98. The normalized spacial score (nSPS) is 21.0. The number of rotatable bonds is 5. The van der Waals surface area contributed by atoms with Crippen LogP contribution in [0.1, 0.15) is 24.6 Å². The van der Waals surface area contributed by atoms with Gasteiger partial charge < -0.3 is 4.90 Å². The molecule has 1 aliphatic heterocycles. The Morgan fingerprint density at radius 2 is 2.29 bits per heavy atom. The molecule has 1 aliphatic rings. The van der Waals surface area contributed by atoms with E-state index in [1.807, 2.05) is 19.1 Å². The average molecular weight is 392 g/mol. The molecule has 1 atom stereocenters. The number of hydrogen-bond donors (Lipinski definition) is 0. The number of sulfone groups is 1. The van der Waals surface area contributed by atoms with Gasteiger partial charge in [0.05, 0.1) is 15.3 Å². The second-order valence-corrected chi connectivity index (χ2v) is 9.79. The fourth-order valence-corrected chi connectivity index (χ4v) is 5.46. The van der Waals surface area contributed by atoms with Gasteiger partial charge in [-0.05, 0) is 47.0 Å². The van der Waals surface area contributed by atoms with Crippen molar-refractivity contribution in [3.63, 3.8) is 0 Å². The van der Waals surface area contributed by atoms with Crippen LogP contribution in [-0.4, -0.2) is 43.3 Å².